The molecular weight excluding hydrogens is 276 g/mol. The SMILES string of the molecule is Cc1ccc(Oc2nc(C)nc(N3CCCCC3)c2N)cc1. The maximum Gasteiger partial charge on any atom is 0.248 e. The third kappa shape index (κ3) is 3.13. The maximum atomic E-state index is 6.27. The summed E-state index contributed by atoms with van der Waals surface area (Å²) < 4.78 is 5.87. The van der Waals surface area contributed by atoms with Gasteiger partial charge in [0.15, 0.2) is 5.82 Å². The van der Waals surface area contributed by atoms with Crippen LogP contribution in [0.3, 0.4) is 0 Å². The Morgan fingerprint density at radius 2 is 1.68 bits per heavy atom. The average molecular weight is 298 g/mol. The molecule has 0 aliphatic carbocycles. The largest absolute Gasteiger partial charge is 0.437 e. The third-order valence-corrected chi connectivity index (χ3v) is 3.89. The lowest BCUT2D eigenvalue weighted by molar-refractivity contribution is 0.461. The molecule has 5 nitrogen and oxygen atoms in total. The highest BCUT2D eigenvalue weighted by Gasteiger charge is 2.19. The van der Waals surface area contributed by atoms with E-state index in [9.17, 15) is 0 Å². The Hall–Kier alpha value is -2.30. The van der Waals surface area contributed by atoms with E-state index in [1.165, 1.54) is 24.8 Å². The first-order valence-electron chi connectivity index (χ1n) is 7.77. The van der Waals surface area contributed by atoms with Gasteiger partial charge >= 0.3 is 0 Å². The molecule has 116 valence electrons. The molecule has 2 heterocycles. The Morgan fingerprint density at radius 1 is 1.00 bits per heavy atom. The van der Waals surface area contributed by atoms with Crippen LogP contribution >= 0.6 is 0 Å². The summed E-state index contributed by atoms with van der Waals surface area (Å²) in [6.45, 7) is 5.89. The predicted octanol–water partition coefficient (Wildman–Crippen LogP) is 3.46. The highest BCUT2D eigenvalue weighted by atomic mass is 16.5. The summed E-state index contributed by atoms with van der Waals surface area (Å²) >= 11 is 0. The van der Waals surface area contributed by atoms with Crippen molar-refractivity contribution in [3.05, 3.63) is 35.7 Å². The molecule has 2 N–H and O–H groups in total. The first-order valence-corrected chi connectivity index (χ1v) is 7.77. The number of rotatable bonds is 3. The van der Waals surface area contributed by atoms with Crippen LogP contribution in [0.4, 0.5) is 11.5 Å². The Balaban J connectivity index is 1.90. The molecule has 3 rings (SSSR count). The van der Waals surface area contributed by atoms with Crippen LogP contribution in [0.1, 0.15) is 30.7 Å². The minimum atomic E-state index is 0.442. The van der Waals surface area contributed by atoms with E-state index >= 15 is 0 Å². The summed E-state index contributed by atoms with van der Waals surface area (Å²) in [5.74, 6) is 2.66. The van der Waals surface area contributed by atoms with Crippen LogP contribution in [0.5, 0.6) is 11.6 Å². The van der Waals surface area contributed by atoms with Crippen LogP contribution in [0.25, 0.3) is 0 Å². The molecule has 0 radical (unpaired) electrons. The zero-order valence-corrected chi connectivity index (χ0v) is 13.2. The van der Waals surface area contributed by atoms with Crippen molar-refractivity contribution < 1.29 is 4.74 Å². The number of hydrogen-bond donors (Lipinski definition) is 1. The molecule has 0 bridgehead atoms. The van der Waals surface area contributed by atoms with Crippen molar-refractivity contribution in [2.45, 2.75) is 33.1 Å². The lowest BCUT2D eigenvalue weighted by Crippen LogP contribution is -2.31. The molecule has 22 heavy (non-hydrogen) atoms. The second-order valence-electron chi connectivity index (χ2n) is 5.78. The van der Waals surface area contributed by atoms with Gasteiger partial charge < -0.3 is 15.4 Å². The molecule has 0 atom stereocenters. The molecule has 0 amide bonds. The van der Waals surface area contributed by atoms with Gasteiger partial charge in [-0.1, -0.05) is 17.7 Å². The molecule has 0 unspecified atom stereocenters. The molecule has 1 aromatic heterocycles. The topological polar surface area (TPSA) is 64.3 Å². The van der Waals surface area contributed by atoms with Gasteiger partial charge in [-0.2, -0.15) is 4.98 Å². The van der Waals surface area contributed by atoms with Crippen LogP contribution in [0, 0.1) is 13.8 Å². The van der Waals surface area contributed by atoms with Gasteiger partial charge in [-0.05, 0) is 45.2 Å². The van der Waals surface area contributed by atoms with Gasteiger partial charge in [-0.3, -0.25) is 0 Å². The molecule has 1 saturated heterocycles. The fourth-order valence-corrected chi connectivity index (χ4v) is 2.68. The number of nitrogen functional groups attached to an aromatic ring is 1. The number of benzene rings is 1. The van der Waals surface area contributed by atoms with Crippen molar-refractivity contribution in [1.29, 1.82) is 0 Å². The van der Waals surface area contributed by atoms with Gasteiger partial charge in [0.2, 0.25) is 5.88 Å². The van der Waals surface area contributed by atoms with Crippen molar-refractivity contribution in [2.24, 2.45) is 0 Å². The van der Waals surface area contributed by atoms with Crippen LogP contribution in [-0.4, -0.2) is 23.1 Å². The average Bonchev–Trinajstić information content (AvgIpc) is 2.53. The van der Waals surface area contributed by atoms with Crippen molar-refractivity contribution in [1.82, 2.24) is 9.97 Å². The number of nitrogens with two attached hydrogens (primary N) is 1. The van der Waals surface area contributed by atoms with Crippen molar-refractivity contribution in [3.63, 3.8) is 0 Å². The van der Waals surface area contributed by atoms with Gasteiger partial charge in [0.05, 0.1) is 0 Å². The number of hydrogen-bond acceptors (Lipinski definition) is 5. The standard InChI is InChI=1S/C17H22N4O/c1-12-6-8-14(9-7-12)22-17-15(18)16(19-13(2)20-17)21-10-4-3-5-11-21/h6-9H,3-5,10-11,18H2,1-2H3. The Morgan fingerprint density at radius 3 is 2.36 bits per heavy atom. The van der Waals surface area contributed by atoms with E-state index in [2.05, 4.69) is 14.9 Å². The number of piperidine rings is 1. The summed E-state index contributed by atoms with van der Waals surface area (Å²) in [7, 11) is 0. The van der Waals surface area contributed by atoms with E-state index < -0.39 is 0 Å². The lowest BCUT2D eigenvalue weighted by Gasteiger charge is -2.29. The van der Waals surface area contributed by atoms with E-state index in [1.807, 2.05) is 38.1 Å². The normalized spacial score (nSPS) is 14.9. The number of nitrogens with zero attached hydrogens (tertiary/aromatic N) is 3. The van der Waals surface area contributed by atoms with Crippen molar-refractivity contribution in [3.8, 4) is 11.6 Å². The van der Waals surface area contributed by atoms with Gasteiger partial charge in [-0.15, -0.1) is 0 Å². The highest BCUT2D eigenvalue weighted by molar-refractivity contribution is 5.68. The summed E-state index contributed by atoms with van der Waals surface area (Å²) in [5.41, 5.74) is 7.98. The van der Waals surface area contributed by atoms with Crippen molar-refractivity contribution in [2.75, 3.05) is 23.7 Å². The smallest absolute Gasteiger partial charge is 0.248 e. The molecule has 1 aliphatic rings. The monoisotopic (exact) mass is 298 g/mol. The quantitative estimate of drug-likeness (QED) is 0.940. The summed E-state index contributed by atoms with van der Waals surface area (Å²) in [6, 6.07) is 7.86. The maximum absolute atomic E-state index is 6.27. The van der Waals surface area contributed by atoms with E-state index in [1.54, 1.807) is 0 Å². The minimum Gasteiger partial charge on any atom is -0.437 e. The third-order valence-electron chi connectivity index (χ3n) is 3.89. The van der Waals surface area contributed by atoms with E-state index in [4.69, 9.17) is 10.5 Å². The number of aryl methyl sites for hydroxylation is 2. The lowest BCUT2D eigenvalue weighted by atomic mass is 10.1. The molecule has 0 spiro atoms. The van der Waals surface area contributed by atoms with Crippen molar-refractivity contribution >= 4 is 11.5 Å². The predicted molar refractivity (Wildman–Crippen MR) is 88.5 cm³/mol. The molecule has 1 aromatic carbocycles. The molecule has 0 saturated carbocycles. The summed E-state index contributed by atoms with van der Waals surface area (Å²) in [5, 5.41) is 0. The molecule has 1 aliphatic heterocycles. The molecule has 2 aromatic rings. The molecular formula is C17H22N4O. The van der Waals surface area contributed by atoms with E-state index in [-0.39, 0.29) is 0 Å². The fraction of sp³-hybridized carbons (Fsp3) is 0.412. The van der Waals surface area contributed by atoms with Crippen LogP contribution in [0.15, 0.2) is 24.3 Å². The van der Waals surface area contributed by atoms with Gasteiger partial charge in [0, 0.05) is 13.1 Å². The minimum absolute atomic E-state index is 0.442. The van der Waals surface area contributed by atoms with Gasteiger partial charge in [0.25, 0.3) is 0 Å². The number of ether oxygens (including phenoxy) is 1. The first kappa shape index (κ1) is 14.6. The fourth-order valence-electron chi connectivity index (χ4n) is 2.68. The van der Waals surface area contributed by atoms with Crippen LogP contribution in [0.2, 0.25) is 0 Å². The molecule has 5 heteroatoms. The number of anilines is 2. The second-order valence-corrected chi connectivity index (χ2v) is 5.78. The van der Waals surface area contributed by atoms with Gasteiger partial charge in [-0.25, -0.2) is 4.98 Å². The second kappa shape index (κ2) is 6.22. The Labute approximate surface area is 131 Å². The highest BCUT2D eigenvalue weighted by Crippen LogP contribution is 2.33. The van der Waals surface area contributed by atoms with Gasteiger partial charge in [0.1, 0.15) is 17.3 Å². The zero-order valence-electron chi connectivity index (χ0n) is 13.2. The van der Waals surface area contributed by atoms with E-state index in [0.717, 1.165) is 24.7 Å². The van der Waals surface area contributed by atoms with E-state index in [0.29, 0.717) is 17.4 Å². The van der Waals surface area contributed by atoms with Crippen LogP contribution in [-0.2, 0) is 0 Å². The first-order chi connectivity index (χ1) is 10.6. The summed E-state index contributed by atoms with van der Waals surface area (Å²) in [6.07, 6.45) is 3.63. The molecule has 1 fully saturated rings. The number of aromatic nitrogens is 2. The zero-order chi connectivity index (χ0) is 15.5. The Kier molecular flexibility index (Phi) is 4.13. The van der Waals surface area contributed by atoms with Crippen LogP contribution < -0.4 is 15.4 Å². The summed E-state index contributed by atoms with van der Waals surface area (Å²) in [4.78, 5) is 11.1. The Bertz CT molecular complexity index is 648.